The quantitative estimate of drug-likeness (QED) is 0.795. The summed E-state index contributed by atoms with van der Waals surface area (Å²) in [5, 5.41) is 19.9. The van der Waals surface area contributed by atoms with Gasteiger partial charge in [0.05, 0.1) is 0 Å². The first-order valence-electron chi connectivity index (χ1n) is 6.51. The van der Waals surface area contributed by atoms with Crippen molar-refractivity contribution in [2.24, 2.45) is 0 Å². The Hall–Kier alpha value is -2.48. The van der Waals surface area contributed by atoms with E-state index in [1.54, 1.807) is 24.3 Å². The summed E-state index contributed by atoms with van der Waals surface area (Å²) in [6, 6.07) is 10.8. The van der Waals surface area contributed by atoms with Gasteiger partial charge in [0.15, 0.2) is 0 Å². The summed E-state index contributed by atoms with van der Waals surface area (Å²) in [6.45, 7) is 7.42. The zero-order valence-corrected chi connectivity index (χ0v) is 11.3. The summed E-state index contributed by atoms with van der Waals surface area (Å²) >= 11 is 0. The molecule has 0 spiro atoms. The van der Waals surface area contributed by atoms with Crippen molar-refractivity contribution < 1.29 is 10.2 Å². The van der Waals surface area contributed by atoms with Gasteiger partial charge in [0.1, 0.15) is 11.5 Å². The first-order chi connectivity index (χ1) is 9.63. The lowest BCUT2D eigenvalue weighted by Gasteiger charge is -2.09. The lowest BCUT2D eigenvalue weighted by atomic mass is 9.98. The van der Waals surface area contributed by atoms with E-state index in [0.29, 0.717) is 12.0 Å². The van der Waals surface area contributed by atoms with Crippen molar-refractivity contribution in [3.05, 3.63) is 72.8 Å². The molecule has 0 aliphatic heterocycles. The molecule has 0 bridgehead atoms. The van der Waals surface area contributed by atoms with Crippen LogP contribution >= 0.6 is 0 Å². The first kappa shape index (κ1) is 13.9. The summed E-state index contributed by atoms with van der Waals surface area (Å²) in [4.78, 5) is 0. The maximum absolute atomic E-state index is 10.0. The van der Waals surface area contributed by atoms with Crippen LogP contribution in [-0.2, 0) is 12.8 Å². The molecule has 0 fully saturated rings. The van der Waals surface area contributed by atoms with Gasteiger partial charge in [0.2, 0.25) is 0 Å². The molecule has 102 valence electrons. The van der Waals surface area contributed by atoms with Crippen LogP contribution in [0.3, 0.4) is 0 Å². The highest BCUT2D eigenvalue weighted by Crippen LogP contribution is 2.33. The molecular formula is C18H18O2. The second kappa shape index (κ2) is 6.11. The van der Waals surface area contributed by atoms with Crippen LogP contribution in [0.25, 0.3) is 11.1 Å². The van der Waals surface area contributed by atoms with Gasteiger partial charge in [0.25, 0.3) is 0 Å². The van der Waals surface area contributed by atoms with E-state index in [-0.39, 0.29) is 11.5 Å². The van der Waals surface area contributed by atoms with Crippen LogP contribution in [0, 0.1) is 0 Å². The first-order valence-corrected chi connectivity index (χ1v) is 6.51. The number of allylic oxidation sites excluding steroid dienone is 2. The second-order valence-corrected chi connectivity index (χ2v) is 4.73. The van der Waals surface area contributed by atoms with Gasteiger partial charge in [-0.15, -0.1) is 13.2 Å². The molecule has 0 saturated heterocycles. The molecule has 0 unspecified atom stereocenters. The van der Waals surface area contributed by atoms with Gasteiger partial charge in [-0.05, 0) is 53.8 Å². The molecule has 0 aliphatic carbocycles. The molecule has 2 rings (SSSR count). The maximum atomic E-state index is 10.0. The van der Waals surface area contributed by atoms with E-state index >= 15 is 0 Å². The standard InChI is InChI=1S/C18H18O2/c1-3-5-13-7-8-18(20)17(11-13)15-9-14(6-4-2)10-16(19)12-15/h3-4,7-12,19-20H,1-2,5-6H2. The maximum Gasteiger partial charge on any atom is 0.123 e. The minimum Gasteiger partial charge on any atom is -0.508 e. The lowest BCUT2D eigenvalue weighted by Crippen LogP contribution is -1.87. The molecule has 2 nitrogen and oxygen atoms in total. The molecule has 2 N–H and O–H groups in total. The Bertz CT molecular complexity index is 642. The average molecular weight is 266 g/mol. The molecule has 0 aliphatic rings. The largest absolute Gasteiger partial charge is 0.508 e. The van der Waals surface area contributed by atoms with Gasteiger partial charge in [-0.3, -0.25) is 0 Å². The van der Waals surface area contributed by atoms with E-state index in [2.05, 4.69) is 13.2 Å². The number of aromatic hydroxyl groups is 2. The van der Waals surface area contributed by atoms with Gasteiger partial charge < -0.3 is 10.2 Å². The van der Waals surface area contributed by atoms with Gasteiger partial charge in [-0.1, -0.05) is 24.3 Å². The summed E-state index contributed by atoms with van der Waals surface area (Å²) < 4.78 is 0. The van der Waals surface area contributed by atoms with Gasteiger partial charge in [0, 0.05) is 5.56 Å². The molecule has 20 heavy (non-hydrogen) atoms. The summed E-state index contributed by atoms with van der Waals surface area (Å²) in [7, 11) is 0. The molecule has 0 amide bonds. The number of hydrogen-bond acceptors (Lipinski definition) is 2. The predicted octanol–water partition coefficient (Wildman–Crippen LogP) is 4.22. The number of rotatable bonds is 5. The van der Waals surface area contributed by atoms with Crippen molar-refractivity contribution in [3.8, 4) is 22.6 Å². The Balaban J connectivity index is 2.51. The number of phenols is 2. The van der Waals surface area contributed by atoms with E-state index in [4.69, 9.17) is 0 Å². The van der Waals surface area contributed by atoms with Crippen molar-refractivity contribution >= 4 is 0 Å². The van der Waals surface area contributed by atoms with Crippen LogP contribution in [0.2, 0.25) is 0 Å². The Morgan fingerprint density at radius 2 is 1.55 bits per heavy atom. The van der Waals surface area contributed by atoms with Gasteiger partial charge in [-0.25, -0.2) is 0 Å². The minimum absolute atomic E-state index is 0.188. The fourth-order valence-electron chi connectivity index (χ4n) is 2.22. The molecular weight excluding hydrogens is 248 g/mol. The molecule has 2 heteroatoms. The summed E-state index contributed by atoms with van der Waals surface area (Å²) in [6.07, 6.45) is 5.02. The van der Waals surface area contributed by atoms with E-state index in [1.807, 2.05) is 24.3 Å². The van der Waals surface area contributed by atoms with Gasteiger partial charge in [-0.2, -0.15) is 0 Å². The third kappa shape index (κ3) is 3.09. The summed E-state index contributed by atoms with van der Waals surface area (Å²) in [5.41, 5.74) is 3.54. The summed E-state index contributed by atoms with van der Waals surface area (Å²) in [5.74, 6) is 0.390. The molecule has 0 radical (unpaired) electrons. The topological polar surface area (TPSA) is 40.5 Å². The molecule has 2 aromatic rings. The van der Waals surface area contributed by atoms with E-state index in [9.17, 15) is 10.2 Å². The number of benzene rings is 2. The molecule has 0 saturated carbocycles. The van der Waals surface area contributed by atoms with Crippen LogP contribution in [0.1, 0.15) is 11.1 Å². The number of phenolic OH excluding ortho intramolecular Hbond substituents is 2. The zero-order chi connectivity index (χ0) is 14.5. The normalized spacial score (nSPS) is 10.2. The van der Waals surface area contributed by atoms with Crippen molar-refractivity contribution in [1.82, 2.24) is 0 Å². The van der Waals surface area contributed by atoms with Crippen molar-refractivity contribution in [1.29, 1.82) is 0 Å². The van der Waals surface area contributed by atoms with Crippen LogP contribution in [-0.4, -0.2) is 10.2 Å². The van der Waals surface area contributed by atoms with E-state index in [1.165, 1.54) is 0 Å². The van der Waals surface area contributed by atoms with Crippen LogP contribution in [0.4, 0.5) is 0 Å². The lowest BCUT2D eigenvalue weighted by molar-refractivity contribution is 0.473. The van der Waals surface area contributed by atoms with Gasteiger partial charge >= 0.3 is 0 Å². The second-order valence-electron chi connectivity index (χ2n) is 4.73. The van der Waals surface area contributed by atoms with E-state index in [0.717, 1.165) is 23.1 Å². The molecule has 0 aromatic heterocycles. The minimum atomic E-state index is 0.188. The molecule has 0 heterocycles. The highest BCUT2D eigenvalue weighted by Gasteiger charge is 2.08. The Morgan fingerprint density at radius 1 is 0.850 bits per heavy atom. The SMILES string of the molecule is C=CCc1cc(O)cc(-c2cc(CC=C)ccc2O)c1. The smallest absolute Gasteiger partial charge is 0.123 e. The fourth-order valence-corrected chi connectivity index (χ4v) is 2.22. The Labute approximate surface area is 119 Å². The highest BCUT2D eigenvalue weighted by atomic mass is 16.3. The third-order valence-electron chi connectivity index (χ3n) is 3.11. The van der Waals surface area contributed by atoms with Crippen LogP contribution in [0.15, 0.2) is 61.7 Å². The molecule has 2 aromatic carbocycles. The monoisotopic (exact) mass is 266 g/mol. The highest BCUT2D eigenvalue weighted by molar-refractivity contribution is 5.72. The Morgan fingerprint density at radius 3 is 2.25 bits per heavy atom. The van der Waals surface area contributed by atoms with Crippen LogP contribution < -0.4 is 0 Å². The van der Waals surface area contributed by atoms with Crippen molar-refractivity contribution in [2.75, 3.05) is 0 Å². The van der Waals surface area contributed by atoms with Crippen LogP contribution in [0.5, 0.6) is 11.5 Å². The zero-order valence-electron chi connectivity index (χ0n) is 11.3. The Kier molecular flexibility index (Phi) is 4.26. The van der Waals surface area contributed by atoms with Crippen molar-refractivity contribution in [2.45, 2.75) is 12.8 Å². The predicted molar refractivity (Wildman–Crippen MR) is 83.0 cm³/mol. The molecule has 0 atom stereocenters. The van der Waals surface area contributed by atoms with E-state index < -0.39 is 0 Å². The van der Waals surface area contributed by atoms with Crippen molar-refractivity contribution in [3.63, 3.8) is 0 Å². The fraction of sp³-hybridized carbons (Fsp3) is 0.111. The third-order valence-corrected chi connectivity index (χ3v) is 3.11. The number of hydrogen-bond donors (Lipinski definition) is 2. The average Bonchev–Trinajstić information content (AvgIpc) is 2.41.